The molecule has 72 valence electrons. The van der Waals surface area contributed by atoms with E-state index in [4.69, 9.17) is 0 Å². The molecule has 3 rings (SSSR count). The fourth-order valence-electron chi connectivity index (χ4n) is 1.52. The molecule has 0 spiro atoms. The van der Waals surface area contributed by atoms with Gasteiger partial charge < -0.3 is 0 Å². The normalized spacial score (nSPS) is 16.1. The van der Waals surface area contributed by atoms with Gasteiger partial charge in [-0.25, -0.2) is 4.98 Å². The molecule has 0 radical (unpaired) electrons. The Kier molecular flexibility index (Phi) is 1.96. The Labute approximate surface area is 91.4 Å². The highest BCUT2D eigenvalue weighted by atomic mass is 32.1. The lowest BCUT2D eigenvalue weighted by Crippen LogP contribution is -1.77. The zero-order chi connectivity index (χ0) is 9.54. The van der Waals surface area contributed by atoms with Crippen LogP contribution in [0.4, 0.5) is 0 Å². The molecular formula is C11H11NS2. The van der Waals surface area contributed by atoms with Gasteiger partial charge in [-0.1, -0.05) is 0 Å². The molecule has 2 aromatic heterocycles. The van der Waals surface area contributed by atoms with Gasteiger partial charge in [0.25, 0.3) is 0 Å². The Bertz CT molecular complexity index is 451. The SMILES string of the molecule is Cc1cc(-c2csc(C3CC3)n2)cs1. The minimum atomic E-state index is 0.786. The van der Waals surface area contributed by atoms with E-state index in [0.717, 1.165) is 5.92 Å². The summed E-state index contributed by atoms with van der Waals surface area (Å²) in [5.74, 6) is 0.786. The van der Waals surface area contributed by atoms with Crippen molar-refractivity contribution in [2.45, 2.75) is 25.7 Å². The predicted octanol–water partition coefficient (Wildman–Crippen LogP) is 4.06. The maximum atomic E-state index is 4.68. The van der Waals surface area contributed by atoms with Crippen molar-refractivity contribution < 1.29 is 0 Å². The molecule has 1 saturated carbocycles. The summed E-state index contributed by atoms with van der Waals surface area (Å²) in [4.78, 5) is 6.04. The van der Waals surface area contributed by atoms with Gasteiger partial charge in [0.05, 0.1) is 10.7 Å². The van der Waals surface area contributed by atoms with Crippen molar-refractivity contribution in [3.63, 3.8) is 0 Å². The molecule has 0 N–H and O–H groups in total. The van der Waals surface area contributed by atoms with Gasteiger partial charge in [0, 0.05) is 27.1 Å². The van der Waals surface area contributed by atoms with Crippen molar-refractivity contribution in [1.29, 1.82) is 0 Å². The first-order valence-electron chi connectivity index (χ1n) is 4.84. The number of thiazole rings is 1. The second-order valence-corrected chi connectivity index (χ2v) is 5.80. The first-order chi connectivity index (χ1) is 6.83. The molecule has 1 fully saturated rings. The van der Waals surface area contributed by atoms with Crippen molar-refractivity contribution in [3.8, 4) is 11.3 Å². The average Bonchev–Trinajstić information content (AvgIpc) is 2.76. The van der Waals surface area contributed by atoms with Gasteiger partial charge in [-0.15, -0.1) is 22.7 Å². The number of hydrogen-bond acceptors (Lipinski definition) is 3. The van der Waals surface area contributed by atoms with E-state index in [2.05, 4.69) is 28.7 Å². The third kappa shape index (κ3) is 1.51. The van der Waals surface area contributed by atoms with Crippen LogP contribution in [0.1, 0.15) is 28.6 Å². The summed E-state index contributed by atoms with van der Waals surface area (Å²) in [6.07, 6.45) is 2.69. The van der Waals surface area contributed by atoms with Gasteiger partial charge in [0.15, 0.2) is 0 Å². The molecule has 0 aliphatic heterocycles. The van der Waals surface area contributed by atoms with Gasteiger partial charge in [-0.05, 0) is 25.8 Å². The number of hydrogen-bond donors (Lipinski definition) is 0. The summed E-state index contributed by atoms with van der Waals surface area (Å²) in [5.41, 5.74) is 2.46. The molecule has 0 amide bonds. The molecule has 1 aliphatic carbocycles. The van der Waals surface area contributed by atoms with Crippen LogP contribution in [-0.4, -0.2) is 4.98 Å². The zero-order valence-corrected chi connectivity index (χ0v) is 9.62. The molecule has 1 nitrogen and oxygen atoms in total. The van der Waals surface area contributed by atoms with Crippen LogP contribution in [0.5, 0.6) is 0 Å². The van der Waals surface area contributed by atoms with Crippen LogP contribution in [0.25, 0.3) is 11.3 Å². The summed E-state index contributed by atoms with van der Waals surface area (Å²) in [5, 5.41) is 5.72. The Morgan fingerprint density at radius 3 is 2.79 bits per heavy atom. The lowest BCUT2D eigenvalue weighted by atomic mass is 10.2. The lowest BCUT2D eigenvalue weighted by molar-refractivity contribution is 1.09. The van der Waals surface area contributed by atoms with E-state index in [1.165, 1.54) is 34.0 Å². The minimum absolute atomic E-state index is 0.786. The quantitative estimate of drug-likeness (QED) is 0.745. The molecule has 2 aromatic rings. The Morgan fingerprint density at radius 1 is 1.29 bits per heavy atom. The summed E-state index contributed by atoms with van der Waals surface area (Å²) in [7, 11) is 0. The number of thiophene rings is 1. The highest BCUT2D eigenvalue weighted by molar-refractivity contribution is 7.11. The van der Waals surface area contributed by atoms with E-state index in [1.54, 1.807) is 11.3 Å². The maximum Gasteiger partial charge on any atom is 0.0963 e. The van der Waals surface area contributed by atoms with E-state index in [9.17, 15) is 0 Å². The van der Waals surface area contributed by atoms with Gasteiger partial charge in [0.1, 0.15) is 0 Å². The molecule has 14 heavy (non-hydrogen) atoms. The maximum absolute atomic E-state index is 4.68. The predicted molar refractivity (Wildman–Crippen MR) is 62.1 cm³/mol. The van der Waals surface area contributed by atoms with Crippen LogP contribution in [0.2, 0.25) is 0 Å². The fraction of sp³-hybridized carbons (Fsp3) is 0.364. The van der Waals surface area contributed by atoms with Crippen molar-refractivity contribution in [3.05, 3.63) is 26.7 Å². The van der Waals surface area contributed by atoms with E-state index in [-0.39, 0.29) is 0 Å². The van der Waals surface area contributed by atoms with Crippen molar-refractivity contribution in [1.82, 2.24) is 4.98 Å². The van der Waals surface area contributed by atoms with Gasteiger partial charge in [-0.3, -0.25) is 0 Å². The highest BCUT2D eigenvalue weighted by Crippen LogP contribution is 2.42. The third-order valence-electron chi connectivity index (χ3n) is 2.47. The number of aryl methyl sites for hydroxylation is 1. The van der Waals surface area contributed by atoms with Crippen LogP contribution >= 0.6 is 22.7 Å². The first-order valence-corrected chi connectivity index (χ1v) is 6.60. The Morgan fingerprint density at radius 2 is 2.14 bits per heavy atom. The fourth-order valence-corrected chi connectivity index (χ4v) is 3.21. The zero-order valence-electron chi connectivity index (χ0n) is 7.99. The molecular weight excluding hydrogens is 210 g/mol. The van der Waals surface area contributed by atoms with E-state index in [0.29, 0.717) is 0 Å². The largest absolute Gasteiger partial charge is 0.241 e. The van der Waals surface area contributed by atoms with Crippen molar-refractivity contribution >= 4 is 22.7 Å². The molecule has 0 atom stereocenters. The standard InChI is InChI=1S/C11H11NS2/c1-7-4-9(5-13-7)10-6-14-11(12-10)8-2-3-8/h4-6,8H,2-3H2,1H3. The summed E-state index contributed by atoms with van der Waals surface area (Å²) in [6.45, 7) is 2.14. The van der Waals surface area contributed by atoms with Gasteiger partial charge in [0.2, 0.25) is 0 Å². The van der Waals surface area contributed by atoms with Gasteiger partial charge in [-0.2, -0.15) is 0 Å². The summed E-state index contributed by atoms with van der Waals surface area (Å²) >= 11 is 3.61. The molecule has 1 aliphatic rings. The van der Waals surface area contributed by atoms with E-state index >= 15 is 0 Å². The molecule has 0 aromatic carbocycles. The molecule has 0 saturated heterocycles. The average molecular weight is 221 g/mol. The number of aromatic nitrogens is 1. The smallest absolute Gasteiger partial charge is 0.0963 e. The minimum Gasteiger partial charge on any atom is -0.241 e. The van der Waals surface area contributed by atoms with Crippen LogP contribution in [0.3, 0.4) is 0 Å². The Hall–Kier alpha value is -0.670. The third-order valence-corrected chi connectivity index (χ3v) is 4.34. The number of nitrogens with zero attached hydrogens (tertiary/aromatic N) is 1. The van der Waals surface area contributed by atoms with Gasteiger partial charge >= 0.3 is 0 Å². The van der Waals surface area contributed by atoms with E-state index < -0.39 is 0 Å². The van der Waals surface area contributed by atoms with Crippen molar-refractivity contribution in [2.75, 3.05) is 0 Å². The highest BCUT2D eigenvalue weighted by Gasteiger charge is 2.26. The number of rotatable bonds is 2. The van der Waals surface area contributed by atoms with Crippen LogP contribution in [0.15, 0.2) is 16.8 Å². The molecule has 0 bridgehead atoms. The lowest BCUT2D eigenvalue weighted by Gasteiger charge is -1.88. The van der Waals surface area contributed by atoms with E-state index in [1.807, 2.05) is 11.3 Å². The first kappa shape index (κ1) is 8.62. The van der Waals surface area contributed by atoms with Crippen LogP contribution in [-0.2, 0) is 0 Å². The molecule has 3 heteroatoms. The monoisotopic (exact) mass is 221 g/mol. The van der Waals surface area contributed by atoms with Crippen molar-refractivity contribution in [2.24, 2.45) is 0 Å². The molecule has 0 unspecified atom stereocenters. The second-order valence-electron chi connectivity index (χ2n) is 3.79. The second kappa shape index (κ2) is 3.17. The summed E-state index contributed by atoms with van der Waals surface area (Å²) in [6, 6.07) is 2.22. The van der Waals surface area contributed by atoms with Crippen LogP contribution < -0.4 is 0 Å². The topological polar surface area (TPSA) is 12.9 Å². The van der Waals surface area contributed by atoms with Crippen LogP contribution in [0, 0.1) is 6.92 Å². The molecule has 2 heterocycles. The summed E-state index contributed by atoms with van der Waals surface area (Å²) < 4.78 is 0. The Balaban J connectivity index is 1.95.